The minimum absolute atomic E-state index is 0.0593. The van der Waals surface area contributed by atoms with Gasteiger partial charge in [0.2, 0.25) is 0 Å². The van der Waals surface area contributed by atoms with Crippen molar-refractivity contribution in [1.29, 1.82) is 0 Å². The Balaban J connectivity index is 2.08. The average molecular weight is 359 g/mol. The Labute approximate surface area is 152 Å². The van der Waals surface area contributed by atoms with Crippen LogP contribution in [0.1, 0.15) is 40.3 Å². The van der Waals surface area contributed by atoms with Gasteiger partial charge in [-0.15, -0.1) is 11.3 Å². The maximum atomic E-state index is 12.8. The van der Waals surface area contributed by atoms with Crippen molar-refractivity contribution in [2.75, 3.05) is 18.9 Å². The lowest BCUT2D eigenvalue weighted by Crippen LogP contribution is -2.35. The Morgan fingerprint density at radius 3 is 2.56 bits per heavy atom. The number of carbonyl (C=O) groups excluding carboxylic acids is 2. The van der Waals surface area contributed by atoms with Gasteiger partial charge in [-0.1, -0.05) is 32.0 Å². The highest BCUT2D eigenvalue weighted by atomic mass is 32.1. The van der Waals surface area contributed by atoms with Crippen LogP contribution in [-0.4, -0.2) is 36.3 Å². The molecule has 134 valence electrons. The van der Waals surface area contributed by atoms with Gasteiger partial charge in [0.25, 0.3) is 11.8 Å². The topological polar surface area (TPSA) is 75.4 Å². The third-order valence-corrected chi connectivity index (χ3v) is 5.02. The van der Waals surface area contributed by atoms with Gasteiger partial charge in [0.1, 0.15) is 0 Å². The average Bonchev–Trinajstić information content (AvgIpc) is 3.13. The maximum absolute atomic E-state index is 12.8. The zero-order valence-corrected chi connectivity index (χ0v) is 15.7. The molecule has 2 aromatic rings. The summed E-state index contributed by atoms with van der Waals surface area (Å²) >= 11 is 1.36. The first-order valence-electron chi connectivity index (χ1n) is 8.35. The van der Waals surface area contributed by atoms with Crippen LogP contribution in [0.25, 0.3) is 0 Å². The normalized spacial score (nSPS) is 12.0. The highest BCUT2D eigenvalue weighted by Crippen LogP contribution is 2.19. The number of nitrogens with two attached hydrogens (primary N) is 1. The Morgan fingerprint density at radius 1 is 1.20 bits per heavy atom. The molecule has 0 saturated carbocycles. The number of benzene rings is 1. The van der Waals surface area contributed by atoms with E-state index in [-0.39, 0.29) is 17.9 Å². The van der Waals surface area contributed by atoms with E-state index < -0.39 is 0 Å². The zero-order valence-electron chi connectivity index (χ0n) is 14.9. The van der Waals surface area contributed by atoms with Gasteiger partial charge in [-0.3, -0.25) is 9.59 Å². The Hall–Kier alpha value is -2.18. The largest absolute Gasteiger partial charge is 0.342 e. The van der Waals surface area contributed by atoms with E-state index in [0.29, 0.717) is 28.6 Å². The number of nitrogens with zero attached hydrogens (tertiary/aromatic N) is 1. The van der Waals surface area contributed by atoms with Crippen molar-refractivity contribution >= 4 is 28.8 Å². The fraction of sp³-hybridized carbons (Fsp3) is 0.368. The van der Waals surface area contributed by atoms with E-state index in [0.717, 1.165) is 6.42 Å². The molecule has 0 aliphatic carbocycles. The van der Waals surface area contributed by atoms with E-state index in [1.807, 2.05) is 11.4 Å². The molecule has 0 aliphatic heterocycles. The number of anilines is 1. The third-order valence-electron chi connectivity index (χ3n) is 4.15. The SMILES string of the molecule is CC(C)C(N)CCN(C)C(=O)c1ccccc1NC(=O)c1cccs1. The molecule has 0 fully saturated rings. The van der Waals surface area contributed by atoms with Crippen LogP contribution in [0.15, 0.2) is 41.8 Å². The summed E-state index contributed by atoms with van der Waals surface area (Å²) in [5.74, 6) is 0.0404. The predicted octanol–water partition coefficient (Wildman–Crippen LogP) is 3.45. The molecular weight excluding hydrogens is 334 g/mol. The van der Waals surface area contributed by atoms with Crippen molar-refractivity contribution in [2.24, 2.45) is 11.7 Å². The number of carbonyl (C=O) groups is 2. The number of hydrogen-bond donors (Lipinski definition) is 2. The highest BCUT2D eigenvalue weighted by molar-refractivity contribution is 7.12. The van der Waals surface area contributed by atoms with Crippen molar-refractivity contribution in [3.8, 4) is 0 Å². The smallest absolute Gasteiger partial charge is 0.265 e. The standard InChI is InChI=1S/C19H25N3O2S/c1-13(2)15(20)10-11-22(3)19(24)14-7-4-5-8-16(14)21-18(23)17-9-6-12-25-17/h4-9,12-13,15H,10-11,20H2,1-3H3,(H,21,23). The van der Waals surface area contributed by atoms with Crippen LogP contribution in [0.2, 0.25) is 0 Å². The molecule has 5 nitrogen and oxygen atoms in total. The molecule has 1 aromatic heterocycles. The van der Waals surface area contributed by atoms with Crippen molar-refractivity contribution < 1.29 is 9.59 Å². The lowest BCUT2D eigenvalue weighted by molar-refractivity contribution is 0.0790. The molecule has 0 radical (unpaired) electrons. The minimum atomic E-state index is -0.209. The molecule has 1 aromatic carbocycles. The van der Waals surface area contributed by atoms with E-state index in [1.54, 1.807) is 42.3 Å². The summed E-state index contributed by atoms with van der Waals surface area (Å²) in [5, 5.41) is 4.68. The van der Waals surface area contributed by atoms with E-state index in [2.05, 4.69) is 19.2 Å². The van der Waals surface area contributed by atoms with Crippen LogP contribution in [-0.2, 0) is 0 Å². The van der Waals surface area contributed by atoms with Gasteiger partial charge in [-0.2, -0.15) is 0 Å². The first-order valence-corrected chi connectivity index (χ1v) is 9.23. The fourth-order valence-corrected chi connectivity index (χ4v) is 2.97. The molecule has 0 aliphatic rings. The quantitative estimate of drug-likeness (QED) is 0.795. The van der Waals surface area contributed by atoms with Crippen LogP contribution in [0.4, 0.5) is 5.69 Å². The van der Waals surface area contributed by atoms with Gasteiger partial charge < -0.3 is 16.0 Å². The molecule has 1 heterocycles. The van der Waals surface area contributed by atoms with Crippen LogP contribution in [0.5, 0.6) is 0 Å². The van der Waals surface area contributed by atoms with Gasteiger partial charge in [0.05, 0.1) is 16.1 Å². The summed E-state index contributed by atoms with van der Waals surface area (Å²) in [6.45, 7) is 4.72. The van der Waals surface area contributed by atoms with E-state index in [9.17, 15) is 9.59 Å². The molecule has 0 saturated heterocycles. The molecule has 1 atom stereocenters. The Kier molecular flexibility index (Phi) is 6.73. The molecule has 25 heavy (non-hydrogen) atoms. The number of para-hydroxylation sites is 1. The van der Waals surface area contributed by atoms with Crippen LogP contribution < -0.4 is 11.1 Å². The monoisotopic (exact) mass is 359 g/mol. The summed E-state index contributed by atoms with van der Waals surface area (Å²) < 4.78 is 0. The molecular formula is C19H25N3O2S. The predicted molar refractivity (Wildman–Crippen MR) is 103 cm³/mol. The van der Waals surface area contributed by atoms with Gasteiger partial charge >= 0.3 is 0 Å². The van der Waals surface area contributed by atoms with Crippen LogP contribution in [0, 0.1) is 5.92 Å². The van der Waals surface area contributed by atoms with E-state index >= 15 is 0 Å². The second kappa shape index (κ2) is 8.78. The molecule has 3 N–H and O–H groups in total. The molecule has 0 spiro atoms. The first kappa shape index (κ1) is 19.1. The lowest BCUT2D eigenvalue weighted by atomic mass is 10.0. The summed E-state index contributed by atoms with van der Waals surface area (Å²) in [6, 6.07) is 10.7. The lowest BCUT2D eigenvalue weighted by Gasteiger charge is -2.22. The number of amides is 2. The Bertz CT molecular complexity index is 713. The van der Waals surface area contributed by atoms with Crippen molar-refractivity contribution in [3.63, 3.8) is 0 Å². The van der Waals surface area contributed by atoms with Crippen LogP contribution >= 0.6 is 11.3 Å². The summed E-state index contributed by atoms with van der Waals surface area (Å²) in [4.78, 5) is 27.3. The number of nitrogens with one attached hydrogen (secondary N) is 1. The number of thiophene rings is 1. The van der Waals surface area contributed by atoms with Gasteiger partial charge in [0, 0.05) is 19.6 Å². The Morgan fingerprint density at radius 2 is 1.92 bits per heavy atom. The van der Waals surface area contributed by atoms with Crippen molar-refractivity contribution in [2.45, 2.75) is 26.3 Å². The molecule has 2 rings (SSSR count). The molecule has 1 unspecified atom stereocenters. The second-order valence-corrected chi connectivity index (χ2v) is 7.35. The zero-order chi connectivity index (χ0) is 18.4. The second-order valence-electron chi connectivity index (χ2n) is 6.40. The maximum Gasteiger partial charge on any atom is 0.265 e. The third kappa shape index (κ3) is 5.14. The van der Waals surface area contributed by atoms with Crippen molar-refractivity contribution in [1.82, 2.24) is 4.90 Å². The number of rotatable bonds is 7. The van der Waals surface area contributed by atoms with Crippen molar-refractivity contribution in [3.05, 3.63) is 52.2 Å². The van der Waals surface area contributed by atoms with E-state index in [4.69, 9.17) is 5.73 Å². The summed E-state index contributed by atoms with van der Waals surface area (Å²) in [6.07, 6.45) is 0.740. The first-order chi connectivity index (χ1) is 11.9. The minimum Gasteiger partial charge on any atom is -0.342 e. The molecule has 2 amide bonds. The van der Waals surface area contributed by atoms with Gasteiger partial charge in [-0.25, -0.2) is 0 Å². The van der Waals surface area contributed by atoms with E-state index in [1.165, 1.54) is 11.3 Å². The van der Waals surface area contributed by atoms with Gasteiger partial charge in [-0.05, 0) is 35.9 Å². The fourth-order valence-electron chi connectivity index (χ4n) is 2.35. The van der Waals surface area contributed by atoms with Crippen LogP contribution in [0.3, 0.4) is 0 Å². The molecule has 0 bridgehead atoms. The van der Waals surface area contributed by atoms with Gasteiger partial charge in [0.15, 0.2) is 0 Å². The number of hydrogen-bond acceptors (Lipinski definition) is 4. The summed E-state index contributed by atoms with van der Waals surface area (Å²) in [7, 11) is 1.76. The highest BCUT2D eigenvalue weighted by Gasteiger charge is 2.18. The molecule has 6 heteroatoms. The summed E-state index contributed by atoms with van der Waals surface area (Å²) in [5.41, 5.74) is 7.06.